The second kappa shape index (κ2) is 5.46. The van der Waals surface area contributed by atoms with Crippen molar-refractivity contribution in [2.24, 2.45) is 0 Å². The number of nitrogens with zero attached hydrogens (tertiary/aromatic N) is 1. The topological polar surface area (TPSA) is 85.4 Å². The predicted molar refractivity (Wildman–Crippen MR) is 66.0 cm³/mol. The van der Waals surface area contributed by atoms with Crippen LogP contribution >= 0.6 is 15.9 Å². The summed E-state index contributed by atoms with van der Waals surface area (Å²) in [6, 6.07) is 3.14. The van der Waals surface area contributed by atoms with E-state index in [2.05, 4.69) is 30.4 Å². The highest BCUT2D eigenvalue weighted by Gasteiger charge is 2.29. The Balaban J connectivity index is 2.90. The Morgan fingerprint density at radius 2 is 2.24 bits per heavy atom. The Kier molecular flexibility index (Phi) is 4.47. The van der Waals surface area contributed by atoms with Gasteiger partial charge in [-0.15, -0.1) is 0 Å². The summed E-state index contributed by atoms with van der Waals surface area (Å²) in [5, 5.41) is -1.30. The molecule has 6 nitrogen and oxygen atoms in total. The number of esters is 1. The monoisotopic (exact) mass is 322 g/mol. The zero-order valence-electron chi connectivity index (χ0n) is 9.18. The van der Waals surface area contributed by atoms with E-state index in [-0.39, 0.29) is 5.82 Å². The molecule has 0 aliphatic heterocycles. The normalized spacial score (nSPS) is 12.9. The Labute approximate surface area is 108 Å². The summed E-state index contributed by atoms with van der Waals surface area (Å²) in [6.45, 7) is 1.24. The molecule has 0 spiro atoms. The fourth-order valence-corrected chi connectivity index (χ4v) is 2.25. The highest BCUT2D eigenvalue weighted by molar-refractivity contribution is 9.10. The van der Waals surface area contributed by atoms with E-state index in [9.17, 15) is 13.2 Å². The molecule has 0 radical (unpaired) electrons. The third kappa shape index (κ3) is 3.67. The lowest BCUT2D eigenvalue weighted by Crippen LogP contribution is -2.33. The maximum Gasteiger partial charge on any atom is 0.325 e. The molecular weight excluding hydrogens is 312 g/mol. The van der Waals surface area contributed by atoms with Crippen LogP contribution in [0.15, 0.2) is 22.8 Å². The lowest BCUT2D eigenvalue weighted by Gasteiger charge is -2.12. The molecule has 0 bridgehead atoms. The summed E-state index contributed by atoms with van der Waals surface area (Å²) in [4.78, 5) is 15.0. The largest absolute Gasteiger partial charge is 0.468 e. The van der Waals surface area contributed by atoms with Gasteiger partial charge in [0.05, 0.1) is 7.11 Å². The molecule has 0 amide bonds. The number of nitrogens with one attached hydrogen (secondary N) is 1. The first-order valence-corrected chi connectivity index (χ1v) is 6.92. The third-order valence-electron chi connectivity index (χ3n) is 1.97. The molecule has 17 heavy (non-hydrogen) atoms. The van der Waals surface area contributed by atoms with Gasteiger partial charge >= 0.3 is 5.97 Å². The molecule has 0 saturated carbocycles. The first kappa shape index (κ1) is 13.9. The summed E-state index contributed by atoms with van der Waals surface area (Å²) < 4.78 is 30.7. The molecule has 1 unspecified atom stereocenters. The van der Waals surface area contributed by atoms with E-state index in [1.54, 1.807) is 6.07 Å². The summed E-state index contributed by atoms with van der Waals surface area (Å²) in [6.07, 6.45) is 1.44. The molecule has 0 aliphatic rings. The number of methoxy groups -OCH3 is 1. The van der Waals surface area contributed by atoms with Gasteiger partial charge in [0, 0.05) is 10.7 Å². The Morgan fingerprint density at radius 1 is 1.59 bits per heavy atom. The van der Waals surface area contributed by atoms with Gasteiger partial charge in [-0.25, -0.2) is 13.4 Å². The number of carbonyl (C=O) groups excluding carboxylic acids is 1. The number of pyridine rings is 1. The lowest BCUT2D eigenvalue weighted by atomic mass is 10.5. The van der Waals surface area contributed by atoms with Crippen molar-refractivity contribution in [3.63, 3.8) is 0 Å². The van der Waals surface area contributed by atoms with E-state index in [1.165, 1.54) is 19.2 Å². The lowest BCUT2D eigenvalue weighted by molar-refractivity contribution is -0.139. The Morgan fingerprint density at radius 3 is 2.76 bits per heavy atom. The van der Waals surface area contributed by atoms with E-state index in [1.807, 2.05) is 0 Å². The number of hydrogen-bond acceptors (Lipinski definition) is 5. The molecule has 0 aliphatic carbocycles. The van der Waals surface area contributed by atoms with Crippen molar-refractivity contribution in [1.82, 2.24) is 4.98 Å². The van der Waals surface area contributed by atoms with Crippen LogP contribution in [0.2, 0.25) is 0 Å². The van der Waals surface area contributed by atoms with Gasteiger partial charge in [-0.3, -0.25) is 9.52 Å². The van der Waals surface area contributed by atoms with Gasteiger partial charge in [0.15, 0.2) is 5.25 Å². The summed E-state index contributed by atoms with van der Waals surface area (Å²) in [5.74, 6) is -0.692. The smallest absolute Gasteiger partial charge is 0.325 e. The van der Waals surface area contributed by atoms with Crippen LogP contribution in [-0.4, -0.2) is 31.7 Å². The van der Waals surface area contributed by atoms with Gasteiger partial charge < -0.3 is 4.74 Å². The summed E-state index contributed by atoms with van der Waals surface area (Å²) in [7, 11) is -2.72. The molecule has 8 heteroatoms. The SMILES string of the molecule is COC(=O)C(C)S(=O)(=O)Nc1cc(Br)ccn1. The van der Waals surface area contributed by atoms with Crippen LogP contribution in [0.3, 0.4) is 0 Å². The van der Waals surface area contributed by atoms with Gasteiger partial charge in [-0.2, -0.15) is 0 Å². The number of rotatable bonds is 4. The molecule has 1 heterocycles. The average molecular weight is 323 g/mol. The molecule has 0 saturated heterocycles. The third-order valence-corrected chi connectivity index (χ3v) is 4.08. The fraction of sp³-hybridized carbons (Fsp3) is 0.333. The van der Waals surface area contributed by atoms with Crippen molar-refractivity contribution in [1.29, 1.82) is 0 Å². The van der Waals surface area contributed by atoms with Crippen molar-refractivity contribution >= 4 is 37.7 Å². The van der Waals surface area contributed by atoms with Crippen LogP contribution < -0.4 is 4.72 Å². The highest BCUT2D eigenvalue weighted by atomic mass is 79.9. The number of sulfonamides is 1. The predicted octanol–water partition coefficient (Wildman–Crippen LogP) is 1.15. The van der Waals surface area contributed by atoms with Gasteiger partial charge in [0.25, 0.3) is 0 Å². The number of anilines is 1. The zero-order chi connectivity index (χ0) is 13.1. The summed E-state index contributed by atoms with van der Waals surface area (Å²) >= 11 is 3.18. The van der Waals surface area contributed by atoms with Crippen molar-refractivity contribution in [3.05, 3.63) is 22.8 Å². The van der Waals surface area contributed by atoms with Crippen LogP contribution in [0.1, 0.15) is 6.92 Å². The molecule has 0 fully saturated rings. The van der Waals surface area contributed by atoms with Crippen molar-refractivity contribution in [3.8, 4) is 0 Å². The molecule has 94 valence electrons. The molecule has 1 aromatic rings. The van der Waals surface area contributed by atoms with Crippen LogP contribution in [0.5, 0.6) is 0 Å². The maximum absolute atomic E-state index is 11.7. The quantitative estimate of drug-likeness (QED) is 0.840. The van der Waals surface area contributed by atoms with E-state index in [0.29, 0.717) is 4.47 Å². The van der Waals surface area contributed by atoms with Gasteiger partial charge in [-0.05, 0) is 19.1 Å². The maximum atomic E-state index is 11.7. The van der Waals surface area contributed by atoms with E-state index in [4.69, 9.17) is 0 Å². The molecule has 1 aromatic heterocycles. The van der Waals surface area contributed by atoms with E-state index in [0.717, 1.165) is 7.11 Å². The van der Waals surface area contributed by atoms with Crippen molar-refractivity contribution in [2.45, 2.75) is 12.2 Å². The number of aromatic nitrogens is 1. The fourth-order valence-electron chi connectivity index (χ4n) is 0.987. The molecule has 0 aromatic carbocycles. The second-order valence-corrected chi connectivity index (χ2v) is 6.09. The van der Waals surface area contributed by atoms with Gasteiger partial charge in [-0.1, -0.05) is 15.9 Å². The second-order valence-electron chi connectivity index (χ2n) is 3.17. The van der Waals surface area contributed by atoms with Crippen LogP contribution in [0.25, 0.3) is 0 Å². The number of carbonyl (C=O) groups is 1. The molecule has 1 atom stereocenters. The minimum Gasteiger partial charge on any atom is -0.468 e. The van der Waals surface area contributed by atoms with Crippen LogP contribution in [0.4, 0.5) is 5.82 Å². The minimum atomic E-state index is -3.85. The van der Waals surface area contributed by atoms with Gasteiger partial charge in [0.2, 0.25) is 10.0 Å². The van der Waals surface area contributed by atoms with Crippen molar-refractivity contribution < 1.29 is 17.9 Å². The first-order valence-electron chi connectivity index (χ1n) is 4.58. The van der Waals surface area contributed by atoms with Gasteiger partial charge in [0.1, 0.15) is 5.82 Å². The standard InChI is InChI=1S/C9H11BrN2O4S/c1-6(9(13)16-2)17(14,15)12-8-5-7(10)3-4-11-8/h3-6H,1-2H3,(H,11,12). The van der Waals surface area contributed by atoms with Crippen LogP contribution in [-0.2, 0) is 19.6 Å². The molecule has 1 N–H and O–H groups in total. The van der Waals surface area contributed by atoms with E-state index >= 15 is 0 Å². The van der Waals surface area contributed by atoms with Crippen LogP contribution in [0, 0.1) is 0 Å². The first-order chi connectivity index (χ1) is 7.86. The molecule has 1 rings (SSSR count). The molecular formula is C9H11BrN2O4S. The van der Waals surface area contributed by atoms with E-state index < -0.39 is 21.2 Å². The number of hydrogen-bond donors (Lipinski definition) is 1. The Hall–Kier alpha value is -1.15. The minimum absolute atomic E-state index is 0.134. The highest BCUT2D eigenvalue weighted by Crippen LogP contribution is 2.15. The van der Waals surface area contributed by atoms with Crippen molar-refractivity contribution in [2.75, 3.05) is 11.8 Å². The zero-order valence-corrected chi connectivity index (χ0v) is 11.6. The Bertz CT molecular complexity index is 517. The average Bonchev–Trinajstić information content (AvgIpc) is 2.26. The number of halogens is 1. The summed E-state index contributed by atoms with van der Waals surface area (Å²) in [5.41, 5.74) is 0. The number of ether oxygens (including phenoxy) is 1.